The Bertz CT molecular complexity index is 700. The smallest absolute Gasteiger partial charge is 0.387 e. The average Bonchev–Trinajstić information content (AvgIpc) is 2.59. The fraction of sp³-hybridized carbons (Fsp3) is 0.400. The molecule has 0 heterocycles. The predicted octanol–water partition coefficient (Wildman–Crippen LogP) is 7.46. The molecule has 0 unspecified atom stereocenters. The van der Waals surface area contributed by atoms with Gasteiger partial charge in [-0.15, -0.1) is 0 Å². The van der Waals surface area contributed by atoms with Gasteiger partial charge < -0.3 is 4.74 Å². The molecular weight excluding hydrogens is 548 g/mol. The Morgan fingerprint density at radius 1 is 0.920 bits per heavy atom. The van der Waals surface area contributed by atoms with E-state index in [9.17, 15) is 8.78 Å². The van der Waals surface area contributed by atoms with Crippen molar-refractivity contribution in [1.82, 2.24) is 0 Å². The van der Waals surface area contributed by atoms with Crippen LogP contribution in [-0.2, 0) is 0 Å². The second-order valence-electron chi connectivity index (χ2n) is 6.73. The molecule has 3 rings (SSSR count). The third kappa shape index (κ3) is 4.84. The molecule has 134 valence electrons. The van der Waals surface area contributed by atoms with Crippen molar-refractivity contribution >= 4 is 45.2 Å². The molecule has 1 aliphatic rings. The Morgan fingerprint density at radius 3 is 2.00 bits per heavy atom. The maximum atomic E-state index is 12.5. The number of alkyl halides is 2. The minimum atomic E-state index is -2.80. The summed E-state index contributed by atoms with van der Waals surface area (Å²) in [6, 6.07) is 12.5. The number of ether oxygens (including phenoxy) is 1. The van der Waals surface area contributed by atoms with E-state index >= 15 is 0 Å². The lowest BCUT2D eigenvalue weighted by Crippen LogP contribution is -2.10. The van der Waals surface area contributed by atoms with Crippen molar-refractivity contribution in [2.45, 2.75) is 45.1 Å². The molecule has 0 atom stereocenters. The second kappa shape index (κ2) is 8.50. The quantitative estimate of drug-likeness (QED) is 0.348. The molecule has 25 heavy (non-hydrogen) atoms. The van der Waals surface area contributed by atoms with Crippen LogP contribution in [0.3, 0.4) is 0 Å². The van der Waals surface area contributed by atoms with Gasteiger partial charge in [0.2, 0.25) is 0 Å². The Morgan fingerprint density at radius 2 is 1.48 bits per heavy atom. The molecule has 0 aliphatic heterocycles. The van der Waals surface area contributed by atoms with Crippen molar-refractivity contribution in [2.24, 2.45) is 5.92 Å². The van der Waals surface area contributed by atoms with E-state index in [0.717, 1.165) is 17.0 Å². The summed E-state index contributed by atoms with van der Waals surface area (Å²) in [7, 11) is 0. The summed E-state index contributed by atoms with van der Waals surface area (Å²) < 4.78 is 31.1. The number of halogens is 4. The van der Waals surface area contributed by atoms with Crippen LogP contribution in [0, 0.1) is 13.1 Å². The predicted molar refractivity (Wildman–Crippen MR) is 114 cm³/mol. The van der Waals surface area contributed by atoms with E-state index in [1.807, 2.05) is 12.1 Å². The van der Waals surface area contributed by atoms with E-state index in [1.165, 1.54) is 31.2 Å². The summed E-state index contributed by atoms with van der Waals surface area (Å²) in [5, 5.41) is 0. The van der Waals surface area contributed by atoms with Gasteiger partial charge in [0.15, 0.2) is 5.75 Å². The topological polar surface area (TPSA) is 9.23 Å². The zero-order valence-electron chi connectivity index (χ0n) is 13.9. The van der Waals surface area contributed by atoms with E-state index in [1.54, 1.807) is 0 Å². The van der Waals surface area contributed by atoms with Crippen molar-refractivity contribution in [3.8, 4) is 16.9 Å². The van der Waals surface area contributed by atoms with Crippen LogP contribution in [0.1, 0.15) is 44.1 Å². The first-order valence-corrected chi connectivity index (χ1v) is 10.6. The van der Waals surface area contributed by atoms with E-state index in [4.69, 9.17) is 0 Å². The molecule has 0 N–H and O–H groups in total. The van der Waals surface area contributed by atoms with Gasteiger partial charge in [0.05, 0.1) is 7.14 Å². The molecule has 1 aliphatic carbocycles. The maximum absolute atomic E-state index is 12.5. The number of hydrogen-bond acceptors (Lipinski definition) is 1. The van der Waals surface area contributed by atoms with Gasteiger partial charge in [-0.3, -0.25) is 0 Å². The highest BCUT2D eigenvalue weighted by atomic mass is 127. The van der Waals surface area contributed by atoms with Gasteiger partial charge in [-0.2, -0.15) is 8.78 Å². The van der Waals surface area contributed by atoms with Crippen molar-refractivity contribution in [1.29, 1.82) is 0 Å². The highest BCUT2D eigenvalue weighted by Crippen LogP contribution is 2.37. The van der Waals surface area contributed by atoms with Gasteiger partial charge in [0.25, 0.3) is 0 Å². The Hall–Kier alpha value is -0.440. The largest absolute Gasteiger partial charge is 0.433 e. The molecule has 5 heteroatoms. The standard InChI is InChI=1S/C20H20F2I2O/c1-12-2-4-13(5-3-12)14-6-8-15(9-7-14)16-10-17(23)19(18(24)11-16)25-20(21)22/h6-13,20H,2-5H2,1H3. The van der Waals surface area contributed by atoms with Gasteiger partial charge in [-0.1, -0.05) is 44.0 Å². The van der Waals surface area contributed by atoms with Crippen LogP contribution < -0.4 is 4.74 Å². The first-order valence-electron chi connectivity index (χ1n) is 8.48. The normalized spacial score (nSPS) is 20.7. The van der Waals surface area contributed by atoms with Crippen LogP contribution in [-0.4, -0.2) is 6.61 Å². The van der Waals surface area contributed by atoms with E-state index in [2.05, 4.69) is 81.1 Å². The SMILES string of the molecule is CC1CCC(c2ccc(-c3cc(I)c(OC(F)F)c(I)c3)cc2)CC1. The van der Waals surface area contributed by atoms with Gasteiger partial charge in [-0.25, -0.2) is 0 Å². The Kier molecular flexibility index (Phi) is 6.57. The summed E-state index contributed by atoms with van der Waals surface area (Å²) in [6.07, 6.45) is 5.18. The molecule has 1 fully saturated rings. The zero-order chi connectivity index (χ0) is 18.0. The summed E-state index contributed by atoms with van der Waals surface area (Å²) in [6.45, 7) is -0.463. The molecule has 2 aromatic carbocycles. The van der Waals surface area contributed by atoms with Crippen molar-refractivity contribution in [2.75, 3.05) is 0 Å². The molecule has 0 spiro atoms. The van der Waals surface area contributed by atoms with E-state index < -0.39 is 6.61 Å². The number of benzene rings is 2. The van der Waals surface area contributed by atoms with Crippen molar-refractivity contribution in [3.05, 3.63) is 49.1 Å². The Balaban J connectivity index is 1.80. The molecule has 1 saturated carbocycles. The molecule has 0 radical (unpaired) electrons. The van der Waals surface area contributed by atoms with Crippen LogP contribution in [0.25, 0.3) is 11.1 Å². The van der Waals surface area contributed by atoms with Gasteiger partial charge in [0.1, 0.15) is 0 Å². The minimum absolute atomic E-state index is 0.257. The zero-order valence-corrected chi connectivity index (χ0v) is 18.3. The third-order valence-electron chi connectivity index (χ3n) is 4.94. The molecule has 0 aromatic heterocycles. The summed E-state index contributed by atoms with van der Waals surface area (Å²) in [5.41, 5.74) is 3.55. The van der Waals surface area contributed by atoms with Crippen LogP contribution in [0.4, 0.5) is 8.78 Å². The van der Waals surface area contributed by atoms with E-state index in [0.29, 0.717) is 13.1 Å². The molecule has 2 aromatic rings. The highest BCUT2D eigenvalue weighted by Gasteiger charge is 2.20. The van der Waals surface area contributed by atoms with Gasteiger partial charge in [0, 0.05) is 0 Å². The molecular formula is C20H20F2I2O. The highest BCUT2D eigenvalue weighted by molar-refractivity contribution is 14.1. The number of rotatable bonds is 4. The van der Waals surface area contributed by atoms with Crippen LogP contribution in [0.2, 0.25) is 0 Å². The molecule has 1 nitrogen and oxygen atoms in total. The van der Waals surface area contributed by atoms with Gasteiger partial charge in [-0.05, 0) is 98.7 Å². The lowest BCUT2D eigenvalue weighted by atomic mass is 9.79. The monoisotopic (exact) mass is 568 g/mol. The fourth-order valence-electron chi connectivity index (χ4n) is 3.47. The molecule has 0 bridgehead atoms. The number of hydrogen-bond donors (Lipinski definition) is 0. The fourth-order valence-corrected chi connectivity index (χ4v) is 5.49. The second-order valence-corrected chi connectivity index (χ2v) is 9.05. The lowest BCUT2D eigenvalue weighted by Gasteiger charge is -2.26. The van der Waals surface area contributed by atoms with Crippen molar-refractivity contribution < 1.29 is 13.5 Å². The maximum Gasteiger partial charge on any atom is 0.387 e. The lowest BCUT2D eigenvalue weighted by molar-refractivity contribution is -0.0510. The Labute approximate surface area is 174 Å². The van der Waals surface area contributed by atoms with E-state index in [-0.39, 0.29) is 5.75 Å². The molecule has 0 saturated heterocycles. The summed E-state index contributed by atoms with van der Waals surface area (Å²) >= 11 is 4.10. The minimum Gasteiger partial charge on any atom is -0.433 e. The van der Waals surface area contributed by atoms with Crippen LogP contribution >= 0.6 is 45.2 Å². The third-order valence-corrected chi connectivity index (χ3v) is 6.54. The first kappa shape index (κ1) is 19.3. The van der Waals surface area contributed by atoms with Gasteiger partial charge >= 0.3 is 6.61 Å². The summed E-state index contributed by atoms with van der Waals surface area (Å²) in [5.74, 6) is 1.79. The van der Waals surface area contributed by atoms with Crippen LogP contribution in [0.15, 0.2) is 36.4 Å². The summed E-state index contributed by atoms with van der Waals surface area (Å²) in [4.78, 5) is 0. The van der Waals surface area contributed by atoms with Crippen molar-refractivity contribution in [3.63, 3.8) is 0 Å². The molecule has 0 amide bonds. The van der Waals surface area contributed by atoms with Crippen LogP contribution in [0.5, 0.6) is 5.75 Å². The average molecular weight is 568 g/mol. The first-order chi connectivity index (χ1) is 11.9.